The molecular weight excluding hydrogens is 412 g/mol. The molecule has 1 N–H and O–H groups in total. The smallest absolute Gasteiger partial charge is 0.261 e. The predicted octanol–water partition coefficient (Wildman–Crippen LogP) is 3.14. The number of fused-ring (bicyclic) bond motifs is 1. The Morgan fingerprint density at radius 3 is 2.90 bits per heavy atom. The van der Waals surface area contributed by atoms with Gasteiger partial charge in [-0.25, -0.2) is 13.8 Å². The third kappa shape index (κ3) is 5.12. The molecule has 164 valence electrons. The van der Waals surface area contributed by atoms with Crippen molar-refractivity contribution >= 4 is 22.7 Å². The summed E-state index contributed by atoms with van der Waals surface area (Å²) in [6.07, 6.45) is 1.67. The molecule has 2 fully saturated rings. The van der Waals surface area contributed by atoms with Crippen LogP contribution < -0.4 is 10.3 Å². The molecule has 4 rings (SSSR count). The van der Waals surface area contributed by atoms with E-state index in [0.29, 0.717) is 29.8 Å². The number of aromatic amines is 1. The highest BCUT2D eigenvalue weighted by molar-refractivity contribution is 7.99. The Bertz CT molecular complexity index is 936. The predicted molar refractivity (Wildman–Crippen MR) is 113 cm³/mol. The quantitative estimate of drug-likeness (QED) is 0.746. The van der Waals surface area contributed by atoms with Gasteiger partial charge in [-0.3, -0.25) is 4.79 Å². The van der Waals surface area contributed by atoms with Crippen molar-refractivity contribution in [3.05, 3.63) is 34.1 Å². The van der Waals surface area contributed by atoms with Crippen LogP contribution in [0.1, 0.15) is 25.1 Å². The van der Waals surface area contributed by atoms with E-state index in [1.807, 2.05) is 11.9 Å². The summed E-state index contributed by atoms with van der Waals surface area (Å²) in [6.45, 7) is 2.87. The van der Waals surface area contributed by atoms with Gasteiger partial charge < -0.3 is 19.4 Å². The van der Waals surface area contributed by atoms with Crippen LogP contribution in [0.5, 0.6) is 5.75 Å². The zero-order valence-electron chi connectivity index (χ0n) is 17.0. The Balaban J connectivity index is 1.47. The number of nitrogens with zero attached hydrogens (tertiary/aromatic N) is 2. The van der Waals surface area contributed by atoms with Gasteiger partial charge in [-0.05, 0) is 32.9 Å². The van der Waals surface area contributed by atoms with Gasteiger partial charge in [-0.2, -0.15) is 11.8 Å². The van der Waals surface area contributed by atoms with Crippen molar-refractivity contribution in [2.24, 2.45) is 5.92 Å². The van der Waals surface area contributed by atoms with Gasteiger partial charge in [-0.1, -0.05) is 0 Å². The van der Waals surface area contributed by atoms with E-state index in [2.05, 4.69) is 9.97 Å². The largest absolute Gasteiger partial charge is 0.493 e. The molecule has 0 radical (unpaired) electrons. The molecule has 3 heterocycles. The second kappa shape index (κ2) is 9.62. The Hall–Kier alpha value is -1.71. The van der Waals surface area contributed by atoms with Crippen molar-refractivity contribution in [3.63, 3.8) is 0 Å². The van der Waals surface area contributed by atoms with E-state index >= 15 is 0 Å². The first kappa shape index (κ1) is 21.5. The fraction of sp³-hybridized carbons (Fsp3) is 0.619. The van der Waals surface area contributed by atoms with Crippen LogP contribution in [0.2, 0.25) is 0 Å². The van der Waals surface area contributed by atoms with Gasteiger partial charge in [0.15, 0.2) is 0 Å². The maximum atomic E-state index is 14.6. The average Bonchev–Trinajstić information content (AvgIpc) is 2.72. The minimum Gasteiger partial charge on any atom is -0.493 e. The molecule has 0 bridgehead atoms. The number of hydrogen-bond donors (Lipinski definition) is 1. The topological polar surface area (TPSA) is 67.5 Å². The highest BCUT2D eigenvalue weighted by Crippen LogP contribution is 2.27. The zero-order chi connectivity index (χ0) is 21.1. The second-order valence-corrected chi connectivity index (χ2v) is 9.36. The van der Waals surface area contributed by atoms with E-state index in [4.69, 9.17) is 9.47 Å². The molecular formula is C21H27F2N3O3S. The molecule has 30 heavy (non-hydrogen) atoms. The van der Waals surface area contributed by atoms with Crippen LogP contribution in [-0.2, 0) is 10.5 Å². The van der Waals surface area contributed by atoms with E-state index in [1.54, 1.807) is 17.8 Å². The molecule has 2 atom stereocenters. The lowest BCUT2D eigenvalue weighted by Crippen LogP contribution is -2.41. The number of halogens is 2. The highest BCUT2D eigenvalue weighted by Gasteiger charge is 2.28. The number of rotatable bonds is 6. The van der Waals surface area contributed by atoms with Gasteiger partial charge in [0.1, 0.15) is 28.9 Å². The minimum absolute atomic E-state index is 0.0789. The molecule has 2 aliphatic heterocycles. The molecule has 9 heteroatoms. The number of likely N-dealkylation sites (tertiary alicyclic amines) is 1. The number of ether oxygens (including phenoxy) is 2. The maximum absolute atomic E-state index is 14.6. The summed E-state index contributed by atoms with van der Waals surface area (Å²) in [5.41, 5.74) is -0.234. The van der Waals surface area contributed by atoms with Crippen LogP contribution in [0.3, 0.4) is 0 Å². The van der Waals surface area contributed by atoms with Crippen LogP contribution in [0.15, 0.2) is 16.9 Å². The lowest BCUT2D eigenvalue weighted by Gasteiger charge is -2.32. The Labute approximate surface area is 178 Å². The van der Waals surface area contributed by atoms with Crippen LogP contribution in [0, 0.1) is 11.7 Å². The first-order valence-electron chi connectivity index (χ1n) is 10.4. The van der Waals surface area contributed by atoms with Crippen LogP contribution >= 0.6 is 11.8 Å². The summed E-state index contributed by atoms with van der Waals surface area (Å²) < 4.78 is 39.9. The van der Waals surface area contributed by atoms with Gasteiger partial charge in [-0.15, -0.1) is 0 Å². The molecule has 1 aromatic heterocycles. The lowest BCUT2D eigenvalue weighted by atomic mass is 9.96. The fourth-order valence-corrected chi connectivity index (χ4v) is 4.99. The molecule has 6 nitrogen and oxygen atoms in total. The summed E-state index contributed by atoms with van der Waals surface area (Å²) in [5, 5.41) is 0.388. The van der Waals surface area contributed by atoms with Crippen molar-refractivity contribution in [2.45, 2.75) is 36.4 Å². The van der Waals surface area contributed by atoms with Gasteiger partial charge in [0, 0.05) is 43.1 Å². The van der Waals surface area contributed by atoms with Crippen LogP contribution in [-0.4, -0.2) is 66.2 Å². The minimum atomic E-state index is -0.969. The standard InChI is InChI=1S/C21H27F2N3O3S/c1-26-5-2-13(17(23)10-26)11-29-14-8-16(22)20-18(9-14)24-19(25-21(20)27)12-30-15-3-6-28-7-4-15/h8-9,13,15,17H,2-7,10-12H2,1H3,(H,24,25,27)/t13-,17-/m0/s1. The average molecular weight is 440 g/mol. The Kier molecular flexibility index (Phi) is 6.90. The van der Waals surface area contributed by atoms with Gasteiger partial charge in [0.25, 0.3) is 5.56 Å². The van der Waals surface area contributed by atoms with E-state index in [0.717, 1.165) is 32.6 Å². The highest BCUT2D eigenvalue weighted by atomic mass is 32.2. The number of nitrogens with one attached hydrogen (secondary N) is 1. The molecule has 0 amide bonds. The number of aromatic nitrogens is 2. The van der Waals surface area contributed by atoms with E-state index in [1.165, 1.54) is 6.07 Å². The van der Waals surface area contributed by atoms with Crippen molar-refractivity contribution < 1.29 is 18.3 Å². The molecule has 1 aromatic carbocycles. The molecule has 2 saturated heterocycles. The number of hydrogen-bond acceptors (Lipinski definition) is 6. The first-order chi connectivity index (χ1) is 14.5. The van der Waals surface area contributed by atoms with Crippen molar-refractivity contribution in [1.82, 2.24) is 14.9 Å². The number of thioether (sulfide) groups is 1. The van der Waals surface area contributed by atoms with Crippen LogP contribution in [0.25, 0.3) is 10.9 Å². The van der Waals surface area contributed by atoms with E-state index in [9.17, 15) is 13.6 Å². The van der Waals surface area contributed by atoms with E-state index in [-0.39, 0.29) is 29.2 Å². The third-order valence-corrected chi connectivity index (χ3v) is 7.13. The zero-order valence-corrected chi connectivity index (χ0v) is 17.9. The normalized spacial score (nSPS) is 23.7. The molecule has 0 saturated carbocycles. The Morgan fingerprint density at radius 2 is 2.13 bits per heavy atom. The van der Waals surface area contributed by atoms with Gasteiger partial charge in [0.05, 0.1) is 17.9 Å². The number of piperidine rings is 1. The molecule has 0 aliphatic carbocycles. The third-order valence-electron chi connectivity index (χ3n) is 5.75. The summed E-state index contributed by atoms with van der Waals surface area (Å²) in [6, 6.07) is 2.75. The Morgan fingerprint density at radius 1 is 1.33 bits per heavy atom. The number of alkyl halides is 1. The van der Waals surface area contributed by atoms with Gasteiger partial charge in [0.2, 0.25) is 0 Å². The van der Waals surface area contributed by atoms with Crippen molar-refractivity contribution in [1.29, 1.82) is 0 Å². The first-order valence-corrected chi connectivity index (χ1v) is 11.4. The van der Waals surface area contributed by atoms with Crippen molar-refractivity contribution in [3.8, 4) is 5.75 Å². The monoisotopic (exact) mass is 439 g/mol. The van der Waals surface area contributed by atoms with Gasteiger partial charge >= 0.3 is 0 Å². The molecule has 0 unspecified atom stereocenters. The molecule has 2 aromatic rings. The fourth-order valence-electron chi connectivity index (χ4n) is 3.94. The molecule has 2 aliphatic rings. The number of benzene rings is 1. The lowest BCUT2D eigenvalue weighted by molar-refractivity contribution is 0.0695. The molecule has 0 spiro atoms. The maximum Gasteiger partial charge on any atom is 0.261 e. The summed E-state index contributed by atoms with van der Waals surface area (Å²) in [7, 11) is 1.89. The summed E-state index contributed by atoms with van der Waals surface area (Å²) in [5.74, 6) is 0.423. The second-order valence-electron chi connectivity index (χ2n) is 8.07. The summed E-state index contributed by atoms with van der Waals surface area (Å²) in [4.78, 5) is 21.5. The SMILES string of the molecule is CN1CC[C@@H](COc2cc(F)c3c(=O)[nH]c(CSC4CCOCC4)nc3c2)[C@@H](F)C1. The van der Waals surface area contributed by atoms with E-state index < -0.39 is 17.5 Å². The van der Waals surface area contributed by atoms with Crippen molar-refractivity contribution in [2.75, 3.05) is 40.0 Å². The summed E-state index contributed by atoms with van der Waals surface area (Å²) >= 11 is 1.72. The van der Waals surface area contributed by atoms with Crippen LogP contribution in [0.4, 0.5) is 8.78 Å². The number of H-pyrrole nitrogens is 1.